The maximum absolute atomic E-state index is 6.26. The highest BCUT2D eigenvalue weighted by molar-refractivity contribution is 6.31. The lowest BCUT2D eigenvalue weighted by Gasteiger charge is -2.19. The van der Waals surface area contributed by atoms with Crippen LogP contribution in [0.5, 0.6) is 0 Å². The minimum absolute atomic E-state index is 0.0901. The van der Waals surface area contributed by atoms with Gasteiger partial charge in [-0.05, 0) is 41.3 Å². The summed E-state index contributed by atoms with van der Waals surface area (Å²) in [4.78, 5) is 7.76. The summed E-state index contributed by atoms with van der Waals surface area (Å²) in [5.74, 6) is 1.30. The predicted molar refractivity (Wildman–Crippen MR) is 131 cm³/mol. The number of aromatic nitrogens is 2. The molecule has 6 heteroatoms. The van der Waals surface area contributed by atoms with Crippen molar-refractivity contribution in [1.29, 1.82) is 0 Å². The molecule has 160 valence electrons. The molecule has 0 fully saturated rings. The van der Waals surface area contributed by atoms with Gasteiger partial charge >= 0.3 is 0 Å². The van der Waals surface area contributed by atoms with Crippen molar-refractivity contribution in [2.45, 2.75) is 26.2 Å². The van der Waals surface area contributed by atoms with Crippen LogP contribution in [0.3, 0.4) is 0 Å². The number of anilines is 1. The first-order valence-corrected chi connectivity index (χ1v) is 10.8. The number of H-pyrrole nitrogens is 1. The number of hydrogen-bond acceptors (Lipinski definition) is 4. The van der Waals surface area contributed by atoms with Gasteiger partial charge in [0.2, 0.25) is 5.95 Å². The van der Waals surface area contributed by atoms with Crippen LogP contribution in [-0.4, -0.2) is 9.97 Å². The Morgan fingerprint density at radius 1 is 0.969 bits per heavy atom. The highest BCUT2D eigenvalue weighted by Gasteiger charge is 2.14. The topological polar surface area (TPSA) is 66.2 Å². The third kappa shape index (κ3) is 3.99. The van der Waals surface area contributed by atoms with Gasteiger partial charge in [0.1, 0.15) is 11.3 Å². The van der Waals surface area contributed by atoms with E-state index in [2.05, 4.69) is 65.5 Å². The Labute approximate surface area is 190 Å². The Morgan fingerprint density at radius 3 is 2.50 bits per heavy atom. The molecule has 0 aliphatic carbocycles. The minimum Gasteiger partial charge on any atom is -0.456 e. The molecule has 2 heterocycles. The lowest BCUT2D eigenvalue weighted by molar-refractivity contribution is 0.589. The Kier molecular flexibility index (Phi) is 4.98. The van der Waals surface area contributed by atoms with Crippen molar-refractivity contribution in [2.75, 3.05) is 5.43 Å². The molecule has 2 N–H and O–H groups in total. The molecule has 2 aromatic heterocycles. The molecule has 5 nitrogen and oxygen atoms in total. The van der Waals surface area contributed by atoms with Gasteiger partial charge in [0, 0.05) is 22.0 Å². The molecular formula is C26H23ClN4O. The predicted octanol–water partition coefficient (Wildman–Crippen LogP) is 6.85. The van der Waals surface area contributed by atoms with Crippen molar-refractivity contribution >= 4 is 39.6 Å². The summed E-state index contributed by atoms with van der Waals surface area (Å²) in [6.07, 6.45) is 0. The number of hydrogen-bond donors (Lipinski definition) is 2. The summed E-state index contributed by atoms with van der Waals surface area (Å²) >= 11 is 6.26. The first kappa shape index (κ1) is 20.3. The maximum atomic E-state index is 6.26. The molecule has 0 aliphatic rings. The number of benzene rings is 3. The van der Waals surface area contributed by atoms with E-state index in [4.69, 9.17) is 16.0 Å². The molecule has 0 saturated carbocycles. The number of fused-ring (bicyclic) bond motifs is 2. The van der Waals surface area contributed by atoms with E-state index in [1.54, 1.807) is 0 Å². The fourth-order valence-corrected chi connectivity index (χ4v) is 3.80. The number of para-hydroxylation sites is 2. The minimum atomic E-state index is 0.0901. The van der Waals surface area contributed by atoms with Crippen LogP contribution in [0.1, 0.15) is 26.3 Å². The smallest absolute Gasteiger partial charge is 0.222 e. The number of halogens is 1. The average Bonchev–Trinajstić information content (AvgIpc) is 3.20. The highest BCUT2D eigenvalue weighted by Crippen LogP contribution is 2.28. The summed E-state index contributed by atoms with van der Waals surface area (Å²) < 4.78 is 6.20. The fourth-order valence-electron chi connectivity index (χ4n) is 3.63. The third-order valence-corrected chi connectivity index (χ3v) is 5.65. The Balaban J connectivity index is 1.60. The Morgan fingerprint density at radius 2 is 1.75 bits per heavy atom. The van der Waals surface area contributed by atoms with Crippen LogP contribution in [0.15, 0.2) is 82.3 Å². The highest BCUT2D eigenvalue weighted by atomic mass is 35.5. The van der Waals surface area contributed by atoms with Gasteiger partial charge < -0.3 is 9.40 Å². The zero-order chi connectivity index (χ0) is 22.3. The van der Waals surface area contributed by atoms with Crippen LogP contribution in [0.4, 0.5) is 5.95 Å². The van der Waals surface area contributed by atoms with Crippen molar-refractivity contribution in [3.05, 3.63) is 88.7 Å². The fraction of sp³-hybridized carbons (Fsp3) is 0.154. The monoisotopic (exact) mass is 442 g/mol. The lowest BCUT2D eigenvalue weighted by atomic mass is 9.86. The van der Waals surface area contributed by atoms with Crippen LogP contribution >= 0.6 is 11.6 Å². The number of nitrogens with one attached hydrogen (secondary N) is 2. The third-order valence-electron chi connectivity index (χ3n) is 5.41. The van der Waals surface area contributed by atoms with E-state index in [0.29, 0.717) is 21.9 Å². The van der Waals surface area contributed by atoms with Gasteiger partial charge in [-0.15, -0.1) is 0 Å². The van der Waals surface area contributed by atoms with E-state index in [9.17, 15) is 0 Å². The van der Waals surface area contributed by atoms with E-state index in [0.717, 1.165) is 27.7 Å². The van der Waals surface area contributed by atoms with Crippen LogP contribution in [0.2, 0.25) is 5.02 Å². The first-order valence-electron chi connectivity index (χ1n) is 10.5. The SMILES string of the molecule is CC(C)(C)c1ccc(-c2c/c(=N\Nc3nc4ccccc4[nH]3)c3cc(Cl)ccc3o2)cc1. The van der Waals surface area contributed by atoms with Crippen molar-refractivity contribution < 1.29 is 4.42 Å². The molecule has 0 aliphatic heterocycles. The second kappa shape index (κ2) is 7.84. The molecule has 0 saturated heterocycles. The van der Waals surface area contributed by atoms with Gasteiger partial charge in [0.25, 0.3) is 0 Å². The molecule has 0 bridgehead atoms. The summed E-state index contributed by atoms with van der Waals surface area (Å²) in [7, 11) is 0. The molecule has 5 rings (SSSR count). The molecule has 0 spiro atoms. The van der Waals surface area contributed by atoms with Crippen LogP contribution in [-0.2, 0) is 5.41 Å². The second-order valence-corrected chi connectivity index (χ2v) is 9.23. The Bertz CT molecular complexity index is 1460. The molecule has 0 atom stereocenters. The molecule has 5 aromatic rings. The van der Waals surface area contributed by atoms with E-state index in [-0.39, 0.29) is 5.41 Å². The number of rotatable bonds is 3. The molecule has 0 radical (unpaired) electrons. The van der Waals surface area contributed by atoms with Gasteiger partial charge in [-0.2, -0.15) is 5.10 Å². The van der Waals surface area contributed by atoms with Gasteiger partial charge in [-0.3, -0.25) is 0 Å². The van der Waals surface area contributed by atoms with E-state index in [1.807, 2.05) is 48.5 Å². The molecule has 32 heavy (non-hydrogen) atoms. The maximum Gasteiger partial charge on any atom is 0.222 e. The van der Waals surface area contributed by atoms with E-state index >= 15 is 0 Å². The first-order chi connectivity index (χ1) is 15.4. The standard InChI is InChI=1S/C26H23ClN4O/c1-26(2,3)17-10-8-16(9-11-17)24-15-22(19-14-18(27)12-13-23(19)32-24)30-31-25-28-20-6-4-5-7-21(20)29-25/h4-15H,1-3H3,(H2,28,29,31)/b30-22+. The van der Waals surface area contributed by atoms with Crippen molar-refractivity contribution in [2.24, 2.45) is 5.10 Å². The summed E-state index contributed by atoms with van der Waals surface area (Å²) in [6.45, 7) is 6.60. The largest absolute Gasteiger partial charge is 0.456 e. The van der Waals surface area contributed by atoms with Crippen LogP contribution in [0, 0.1) is 0 Å². The lowest BCUT2D eigenvalue weighted by Crippen LogP contribution is -2.10. The molecule has 3 aromatic carbocycles. The van der Waals surface area contributed by atoms with Crippen molar-refractivity contribution in [3.8, 4) is 11.3 Å². The van der Waals surface area contributed by atoms with Gasteiger partial charge in [-0.25, -0.2) is 10.4 Å². The molecule has 0 amide bonds. The van der Waals surface area contributed by atoms with Crippen molar-refractivity contribution in [3.63, 3.8) is 0 Å². The number of imidazole rings is 1. The van der Waals surface area contributed by atoms with E-state index < -0.39 is 0 Å². The van der Waals surface area contributed by atoms with Crippen LogP contribution < -0.4 is 10.8 Å². The molecule has 0 unspecified atom stereocenters. The van der Waals surface area contributed by atoms with Crippen LogP contribution in [0.25, 0.3) is 33.3 Å². The average molecular weight is 443 g/mol. The Hall–Kier alpha value is -3.57. The number of nitrogens with zero attached hydrogens (tertiary/aromatic N) is 2. The summed E-state index contributed by atoms with van der Waals surface area (Å²) in [5, 5.41) is 6.77. The van der Waals surface area contributed by atoms with Crippen molar-refractivity contribution in [1.82, 2.24) is 9.97 Å². The summed E-state index contributed by atoms with van der Waals surface area (Å²) in [6, 6.07) is 23.7. The zero-order valence-corrected chi connectivity index (χ0v) is 18.9. The normalized spacial score (nSPS) is 12.6. The van der Waals surface area contributed by atoms with E-state index in [1.165, 1.54) is 5.56 Å². The van der Waals surface area contributed by atoms with Gasteiger partial charge in [0.15, 0.2) is 0 Å². The zero-order valence-electron chi connectivity index (χ0n) is 18.1. The second-order valence-electron chi connectivity index (χ2n) is 8.79. The molecular weight excluding hydrogens is 420 g/mol. The quantitative estimate of drug-likeness (QED) is 0.300. The van der Waals surface area contributed by atoms with Gasteiger partial charge in [-0.1, -0.05) is 68.8 Å². The van der Waals surface area contributed by atoms with Gasteiger partial charge in [0.05, 0.1) is 16.4 Å². The summed E-state index contributed by atoms with van der Waals surface area (Å²) in [5.41, 5.74) is 7.91. The number of aromatic amines is 1.